The molecule has 1 aliphatic carbocycles. The standard InChI is InChI=1S/C12H24N2/c1-9(2)6-11-7-12(11)14-5-4-13-8-10(14)3/h9-13H,4-8H2,1-3H3. The molecular formula is C12H24N2. The molecule has 0 aromatic rings. The van der Waals surface area contributed by atoms with Crippen LogP contribution in [0.25, 0.3) is 0 Å². The molecule has 82 valence electrons. The van der Waals surface area contributed by atoms with Gasteiger partial charge in [0.1, 0.15) is 0 Å². The van der Waals surface area contributed by atoms with Crippen LogP contribution in [0.3, 0.4) is 0 Å². The molecule has 1 saturated heterocycles. The molecule has 0 spiro atoms. The van der Waals surface area contributed by atoms with Gasteiger partial charge in [-0.3, -0.25) is 4.90 Å². The van der Waals surface area contributed by atoms with Crippen molar-refractivity contribution in [3.05, 3.63) is 0 Å². The van der Waals surface area contributed by atoms with E-state index >= 15 is 0 Å². The Labute approximate surface area is 88.1 Å². The summed E-state index contributed by atoms with van der Waals surface area (Å²) in [5, 5.41) is 3.46. The molecule has 2 rings (SSSR count). The molecule has 0 bridgehead atoms. The summed E-state index contributed by atoms with van der Waals surface area (Å²) in [6.45, 7) is 10.7. The topological polar surface area (TPSA) is 15.3 Å². The molecule has 2 heteroatoms. The van der Waals surface area contributed by atoms with Gasteiger partial charge in [-0.2, -0.15) is 0 Å². The maximum atomic E-state index is 3.46. The summed E-state index contributed by atoms with van der Waals surface area (Å²) >= 11 is 0. The van der Waals surface area contributed by atoms with Crippen molar-refractivity contribution in [2.24, 2.45) is 11.8 Å². The van der Waals surface area contributed by atoms with E-state index in [2.05, 4.69) is 31.0 Å². The van der Waals surface area contributed by atoms with E-state index in [4.69, 9.17) is 0 Å². The minimum atomic E-state index is 0.755. The first kappa shape index (κ1) is 10.4. The molecule has 0 aromatic heterocycles. The molecule has 0 amide bonds. The third-order valence-corrected chi connectivity index (χ3v) is 3.64. The van der Waals surface area contributed by atoms with Crippen molar-refractivity contribution in [3.63, 3.8) is 0 Å². The van der Waals surface area contributed by atoms with Crippen molar-refractivity contribution in [3.8, 4) is 0 Å². The van der Waals surface area contributed by atoms with Crippen molar-refractivity contribution >= 4 is 0 Å². The largest absolute Gasteiger partial charge is 0.314 e. The predicted molar refractivity (Wildman–Crippen MR) is 60.4 cm³/mol. The molecule has 0 aromatic carbocycles. The second-order valence-corrected chi connectivity index (χ2v) is 5.48. The van der Waals surface area contributed by atoms with Crippen molar-refractivity contribution in [1.82, 2.24) is 10.2 Å². The Hall–Kier alpha value is -0.0800. The van der Waals surface area contributed by atoms with Crippen LogP contribution in [0.5, 0.6) is 0 Å². The average Bonchev–Trinajstić information content (AvgIpc) is 2.83. The Kier molecular flexibility index (Phi) is 3.13. The van der Waals surface area contributed by atoms with Gasteiger partial charge >= 0.3 is 0 Å². The zero-order chi connectivity index (χ0) is 10.1. The van der Waals surface area contributed by atoms with E-state index in [9.17, 15) is 0 Å². The van der Waals surface area contributed by atoms with Gasteiger partial charge in [-0.15, -0.1) is 0 Å². The second-order valence-electron chi connectivity index (χ2n) is 5.48. The molecule has 1 N–H and O–H groups in total. The van der Waals surface area contributed by atoms with Gasteiger partial charge in [-0.25, -0.2) is 0 Å². The van der Waals surface area contributed by atoms with Crippen molar-refractivity contribution in [2.45, 2.75) is 45.7 Å². The molecule has 2 aliphatic rings. The molecule has 1 aliphatic heterocycles. The van der Waals surface area contributed by atoms with Gasteiger partial charge in [0.25, 0.3) is 0 Å². The van der Waals surface area contributed by atoms with Crippen LogP contribution < -0.4 is 5.32 Å². The summed E-state index contributed by atoms with van der Waals surface area (Å²) in [4.78, 5) is 2.73. The quantitative estimate of drug-likeness (QED) is 0.739. The van der Waals surface area contributed by atoms with Gasteiger partial charge in [0.2, 0.25) is 0 Å². The van der Waals surface area contributed by atoms with E-state index in [1.54, 1.807) is 0 Å². The van der Waals surface area contributed by atoms with E-state index in [-0.39, 0.29) is 0 Å². The third-order valence-electron chi connectivity index (χ3n) is 3.64. The SMILES string of the molecule is CC(C)CC1CC1N1CCNCC1C. The number of hydrogen-bond donors (Lipinski definition) is 1. The lowest BCUT2D eigenvalue weighted by molar-refractivity contribution is 0.154. The summed E-state index contributed by atoms with van der Waals surface area (Å²) in [7, 11) is 0. The van der Waals surface area contributed by atoms with Gasteiger partial charge in [0.15, 0.2) is 0 Å². The summed E-state index contributed by atoms with van der Waals surface area (Å²) < 4.78 is 0. The van der Waals surface area contributed by atoms with Gasteiger partial charge in [0, 0.05) is 31.7 Å². The zero-order valence-electron chi connectivity index (χ0n) is 9.79. The number of nitrogens with one attached hydrogen (secondary N) is 1. The molecule has 2 fully saturated rings. The highest BCUT2D eigenvalue weighted by Gasteiger charge is 2.43. The van der Waals surface area contributed by atoms with Gasteiger partial charge < -0.3 is 5.32 Å². The fourth-order valence-corrected chi connectivity index (χ4v) is 2.85. The van der Waals surface area contributed by atoms with Gasteiger partial charge in [-0.05, 0) is 31.6 Å². The maximum Gasteiger partial charge on any atom is 0.0195 e. The van der Waals surface area contributed by atoms with Crippen LogP contribution in [0.15, 0.2) is 0 Å². The summed E-state index contributed by atoms with van der Waals surface area (Å²) in [6, 6.07) is 1.68. The van der Waals surface area contributed by atoms with Crippen LogP contribution in [0.2, 0.25) is 0 Å². The summed E-state index contributed by atoms with van der Waals surface area (Å²) in [5.41, 5.74) is 0. The predicted octanol–water partition coefficient (Wildman–Crippen LogP) is 1.71. The summed E-state index contributed by atoms with van der Waals surface area (Å²) in [5.74, 6) is 1.89. The molecule has 3 unspecified atom stereocenters. The van der Waals surface area contributed by atoms with Crippen molar-refractivity contribution < 1.29 is 0 Å². The smallest absolute Gasteiger partial charge is 0.0195 e. The molecule has 2 nitrogen and oxygen atoms in total. The van der Waals surface area contributed by atoms with Crippen molar-refractivity contribution in [2.75, 3.05) is 19.6 Å². The highest BCUT2D eigenvalue weighted by Crippen LogP contribution is 2.41. The minimum absolute atomic E-state index is 0.755. The number of rotatable bonds is 3. The molecule has 1 heterocycles. The van der Waals surface area contributed by atoms with Crippen LogP contribution >= 0.6 is 0 Å². The Morgan fingerprint density at radius 2 is 2.21 bits per heavy atom. The van der Waals surface area contributed by atoms with Crippen LogP contribution in [0.4, 0.5) is 0 Å². The Morgan fingerprint density at radius 3 is 2.86 bits per heavy atom. The number of piperazine rings is 1. The first-order chi connectivity index (χ1) is 6.68. The Balaban J connectivity index is 1.79. The van der Waals surface area contributed by atoms with E-state index in [1.165, 1.54) is 32.5 Å². The zero-order valence-corrected chi connectivity index (χ0v) is 9.79. The van der Waals surface area contributed by atoms with Gasteiger partial charge in [0.05, 0.1) is 0 Å². The average molecular weight is 196 g/mol. The molecule has 14 heavy (non-hydrogen) atoms. The van der Waals surface area contributed by atoms with Crippen molar-refractivity contribution in [1.29, 1.82) is 0 Å². The fourth-order valence-electron chi connectivity index (χ4n) is 2.85. The Bertz CT molecular complexity index is 191. The monoisotopic (exact) mass is 196 g/mol. The highest BCUT2D eigenvalue weighted by atomic mass is 15.3. The van der Waals surface area contributed by atoms with Gasteiger partial charge in [-0.1, -0.05) is 13.8 Å². The first-order valence-corrected chi connectivity index (χ1v) is 6.15. The second kappa shape index (κ2) is 4.19. The van der Waals surface area contributed by atoms with Crippen LogP contribution in [0, 0.1) is 11.8 Å². The van der Waals surface area contributed by atoms with E-state index in [0.29, 0.717) is 0 Å². The number of hydrogen-bond acceptors (Lipinski definition) is 2. The lowest BCUT2D eigenvalue weighted by atomic mass is 10.1. The minimum Gasteiger partial charge on any atom is -0.314 e. The fraction of sp³-hybridized carbons (Fsp3) is 1.00. The first-order valence-electron chi connectivity index (χ1n) is 6.15. The molecular weight excluding hydrogens is 172 g/mol. The third kappa shape index (κ3) is 2.29. The Morgan fingerprint density at radius 1 is 1.43 bits per heavy atom. The van der Waals surface area contributed by atoms with Crippen LogP contribution in [-0.2, 0) is 0 Å². The number of nitrogens with zero attached hydrogens (tertiary/aromatic N) is 1. The molecule has 3 atom stereocenters. The van der Waals surface area contributed by atoms with Crippen LogP contribution in [-0.4, -0.2) is 36.6 Å². The summed E-state index contributed by atoms with van der Waals surface area (Å²) in [6.07, 6.45) is 2.89. The maximum absolute atomic E-state index is 3.46. The highest BCUT2D eigenvalue weighted by molar-refractivity contribution is 4.98. The molecule has 1 saturated carbocycles. The lowest BCUT2D eigenvalue weighted by Crippen LogP contribution is -2.51. The molecule has 0 radical (unpaired) electrons. The van der Waals surface area contributed by atoms with E-state index < -0.39 is 0 Å². The van der Waals surface area contributed by atoms with E-state index in [1.807, 2.05) is 0 Å². The van der Waals surface area contributed by atoms with Crippen LogP contribution in [0.1, 0.15) is 33.6 Å². The van der Waals surface area contributed by atoms with E-state index in [0.717, 1.165) is 23.9 Å². The lowest BCUT2D eigenvalue weighted by Gasteiger charge is -2.34. The normalized spacial score (nSPS) is 39.0.